The summed E-state index contributed by atoms with van der Waals surface area (Å²) in [4.78, 5) is 11.7. The van der Waals surface area contributed by atoms with Gasteiger partial charge in [-0.05, 0) is 25.2 Å². The molecule has 0 saturated heterocycles. The molecular weight excluding hydrogens is 174 g/mol. The molecule has 0 aromatic carbocycles. The van der Waals surface area contributed by atoms with E-state index >= 15 is 0 Å². The van der Waals surface area contributed by atoms with Gasteiger partial charge in [0.05, 0.1) is 6.04 Å². The molecule has 2 nitrogen and oxygen atoms in total. The normalized spacial score (nSPS) is 19.5. The van der Waals surface area contributed by atoms with Crippen molar-refractivity contribution in [3.8, 4) is 12.3 Å². The average molecular weight is 193 g/mol. The molecule has 0 aromatic heterocycles. The van der Waals surface area contributed by atoms with Gasteiger partial charge in [-0.1, -0.05) is 26.2 Å². The number of hydrogen-bond donors (Lipinski definition) is 1. The highest BCUT2D eigenvalue weighted by Crippen LogP contribution is 2.36. The molecule has 2 unspecified atom stereocenters. The summed E-state index contributed by atoms with van der Waals surface area (Å²) in [5.41, 5.74) is 0. The van der Waals surface area contributed by atoms with Crippen LogP contribution in [0.2, 0.25) is 0 Å². The Balaban J connectivity index is 2.33. The summed E-state index contributed by atoms with van der Waals surface area (Å²) in [6, 6.07) is -0.0753. The first-order valence-electron chi connectivity index (χ1n) is 5.45. The van der Waals surface area contributed by atoms with Gasteiger partial charge in [0.25, 0.3) is 0 Å². The summed E-state index contributed by atoms with van der Waals surface area (Å²) in [6.07, 6.45) is 9.61. The maximum absolute atomic E-state index is 11.7. The summed E-state index contributed by atoms with van der Waals surface area (Å²) in [5.74, 6) is 3.49. The van der Waals surface area contributed by atoms with Gasteiger partial charge >= 0.3 is 0 Å². The third-order valence-corrected chi connectivity index (χ3v) is 2.84. The molecule has 2 atom stereocenters. The number of terminal acetylenes is 1. The summed E-state index contributed by atoms with van der Waals surface area (Å²) >= 11 is 0. The molecule has 1 fully saturated rings. The molecule has 1 saturated carbocycles. The average Bonchev–Trinajstić information content (AvgIpc) is 2.99. The molecule has 14 heavy (non-hydrogen) atoms. The van der Waals surface area contributed by atoms with Crippen LogP contribution in [0.1, 0.15) is 39.5 Å². The van der Waals surface area contributed by atoms with E-state index in [1.807, 2.05) is 6.92 Å². The van der Waals surface area contributed by atoms with Crippen molar-refractivity contribution >= 4 is 5.91 Å². The first-order chi connectivity index (χ1) is 6.69. The van der Waals surface area contributed by atoms with Gasteiger partial charge in [-0.3, -0.25) is 4.79 Å². The monoisotopic (exact) mass is 193 g/mol. The fraction of sp³-hybridized carbons (Fsp3) is 0.750. The van der Waals surface area contributed by atoms with E-state index in [0.717, 1.165) is 12.8 Å². The molecule has 1 aliphatic carbocycles. The van der Waals surface area contributed by atoms with Gasteiger partial charge in [-0.25, -0.2) is 0 Å². The largest absolute Gasteiger partial charge is 0.342 e. The Labute approximate surface area is 86.5 Å². The zero-order chi connectivity index (χ0) is 10.6. The van der Waals surface area contributed by atoms with E-state index in [1.54, 1.807) is 0 Å². The quantitative estimate of drug-likeness (QED) is 0.664. The second-order valence-corrected chi connectivity index (χ2v) is 4.14. The lowest BCUT2D eigenvalue weighted by Crippen LogP contribution is -2.37. The Bertz CT molecular complexity index is 237. The van der Waals surface area contributed by atoms with Crippen LogP contribution >= 0.6 is 0 Å². The molecule has 0 radical (unpaired) electrons. The number of rotatable bonds is 5. The zero-order valence-corrected chi connectivity index (χ0v) is 9.05. The Morgan fingerprint density at radius 1 is 1.64 bits per heavy atom. The second kappa shape index (κ2) is 5.05. The predicted molar refractivity (Wildman–Crippen MR) is 57.6 cm³/mol. The minimum atomic E-state index is -0.0753. The molecule has 0 heterocycles. The molecule has 1 aliphatic rings. The molecule has 0 bridgehead atoms. The number of amides is 1. The maximum Gasteiger partial charge on any atom is 0.224 e. The Kier molecular flexibility index (Phi) is 4.00. The zero-order valence-electron chi connectivity index (χ0n) is 9.05. The van der Waals surface area contributed by atoms with E-state index in [1.165, 1.54) is 12.8 Å². The van der Waals surface area contributed by atoms with Crippen LogP contribution in [0.5, 0.6) is 0 Å². The van der Waals surface area contributed by atoms with Crippen LogP contribution in [-0.2, 0) is 4.79 Å². The second-order valence-electron chi connectivity index (χ2n) is 4.14. The molecule has 1 rings (SSSR count). The van der Waals surface area contributed by atoms with Gasteiger partial charge < -0.3 is 5.32 Å². The molecule has 0 aromatic rings. The van der Waals surface area contributed by atoms with Gasteiger partial charge in [0, 0.05) is 5.92 Å². The van der Waals surface area contributed by atoms with Crippen LogP contribution < -0.4 is 5.32 Å². The van der Waals surface area contributed by atoms with E-state index in [0.29, 0.717) is 5.92 Å². The van der Waals surface area contributed by atoms with E-state index in [9.17, 15) is 4.79 Å². The van der Waals surface area contributed by atoms with Crippen molar-refractivity contribution in [3.63, 3.8) is 0 Å². The molecule has 0 aliphatic heterocycles. The van der Waals surface area contributed by atoms with Crippen molar-refractivity contribution in [1.82, 2.24) is 5.32 Å². The lowest BCUT2D eigenvalue weighted by atomic mass is 10.0. The van der Waals surface area contributed by atoms with E-state index in [2.05, 4.69) is 18.2 Å². The number of hydrogen-bond acceptors (Lipinski definition) is 1. The third-order valence-electron chi connectivity index (χ3n) is 2.84. The van der Waals surface area contributed by atoms with Crippen molar-refractivity contribution in [2.24, 2.45) is 11.8 Å². The van der Waals surface area contributed by atoms with Gasteiger partial charge in [-0.2, -0.15) is 0 Å². The van der Waals surface area contributed by atoms with E-state index < -0.39 is 0 Å². The van der Waals surface area contributed by atoms with Crippen LogP contribution in [-0.4, -0.2) is 11.9 Å². The lowest BCUT2D eigenvalue weighted by molar-refractivity contribution is -0.125. The Morgan fingerprint density at radius 2 is 2.29 bits per heavy atom. The van der Waals surface area contributed by atoms with Crippen molar-refractivity contribution in [1.29, 1.82) is 0 Å². The summed E-state index contributed by atoms with van der Waals surface area (Å²) in [6.45, 7) is 4.06. The number of carbonyl (C=O) groups excluding carboxylic acids is 1. The highest BCUT2D eigenvalue weighted by molar-refractivity contribution is 5.79. The third kappa shape index (κ3) is 3.06. The molecule has 78 valence electrons. The summed E-state index contributed by atoms with van der Waals surface area (Å²) in [7, 11) is 0. The van der Waals surface area contributed by atoms with Crippen LogP contribution in [0.25, 0.3) is 0 Å². The van der Waals surface area contributed by atoms with Crippen LogP contribution in [0, 0.1) is 24.2 Å². The summed E-state index contributed by atoms with van der Waals surface area (Å²) in [5, 5.41) is 2.91. The molecular formula is C12H19NO. The SMILES string of the molecule is C#CC(CCC)NC(=O)C(C)C1CC1. The van der Waals surface area contributed by atoms with Gasteiger partial charge in [0.15, 0.2) is 0 Å². The standard InChI is InChI=1S/C12H19NO/c1-4-6-11(5-2)13-12(14)9(3)10-7-8-10/h2,9-11H,4,6-8H2,1,3H3,(H,13,14). The minimum absolute atomic E-state index is 0.0753. The predicted octanol–water partition coefficient (Wildman–Crippen LogP) is 1.95. The molecule has 1 amide bonds. The summed E-state index contributed by atoms with van der Waals surface area (Å²) < 4.78 is 0. The number of carbonyl (C=O) groups is 1. The Morgan fingerprint density at radius 3 is 2.71 bits per heavy atom. The lowest BCUT2D eigenvalue weighted by Gasteiger charge is -2.15. The van der Waals surface area contributed by atoms with Gasteiger partial charge in [0.2, 0.25) is 5.91 Å². The molecule has 1 N–H and O–H groups in total. The highest BCUT2D eigenvalue weighted by Gasteiger charge is 2.32. The van der Waals surface area contributed by atoms with Crippen molar-refractivity contribution in [2.45, 2.75) is 45.6 Å². The van der Waals surface area contributed by atoms with Gasteiger partial charge in [0.1, 0.15) is 0 Å². The van der Waals surface area contributed by atoms with E-state index in [4.69, 9.17) is 6.42 Å². The van der Waals surface area contributed by atoms with Crippen molar-refractivity contribution in [2.75, 3.05) is 0 Å². The molecule has 2 heteroatoms. The van der Waals surface area contributed by atoms with E-state index in [-0.39, 0.29) is 17.9 Å². The first kappa shape index (κ1) is 11.1. The van der Waals surface area contributed by atoms with Crippen molar-refractivity contribution in [3.05, 3.63) is 0 Å². The Hall–Kier alpha value is -0.970. The van der Waals surface area contributed by atoms with Crippen LogP contribution in [0.3, 0.4) is 0 Å². The number of nitrogens with one attached hydrogen (secondary N) is 1. The van der Waals surface area contributed by atoms with Crippen molar-refractivity contribution < 1.29 is 4.79 Å². The smallest absolute Gasteiger partial charge is 0.224 e. The fourth-order valence-corrected chi connectivity index (χ4v) is 1.60. The topological polar surface area (TPSA) is 29.1 Å². The maximum atomic E-state index is 11.7. The van der Waals surface area contributed by atoms with Gasteiger partial charge in [-0.15, -0.1) is 6.42 Å². The van der Waals surface area contributed by atoms with Crippen LogP contribution in [0.15, 0.2) is 0 Å². The molecule has 0 spiro atoms. The fourth-order valence-electron chi connectivity index (χ4n) is 1.60. The first-order valence-corrected chi connectivity index (χ1v) is 5.45. The van der Waals surface area contributed by atoms with Crippen LogP contribution in [0.4, 0.5) is 0 Å². The highest BCUT2D eigenvalue weighted by atomic mass is 16.1. The minimum Gasteiger partial charge on any atom is -0.342 e.